The molecule has 0 saturated carbocycles. The van der Waals surface area contributed by atoms with Crippen molar-refractivity contribution in [2.75, 3.05) is 6.61 Å². The lowest BCUT2D eigenvalue weighted by molar-refractivity contribution is 0.104. The zero-order chi connectivity index (χ0) is 12.3. The first-order valence-corrected chi connectivity index (χ1v) is 5.53. The van der Waals surface area contributed by atoms with Crippen LogP contribution in [0.2, 0.25) is 0 Å². The summed E-state index contributed by atoms with van der Waals surface area (Å²) in [7, 11) is 0. The van der Waals surface area contributed by atoms with Crippen molar-refractivity contribution in [3.63, 3.8) is 0 Å². The quantitative estimate of drug-likeness (QED) is 0.878. The van der Waals surface area contributed by atoms with Crippen LogP contribution in [0.3, 0.4) is 0 Å². The van der Waals surface area contributed by atoms with E-state index in [1.165, 1.54) is 6.26 Å². The molecule has 1 aromatic carbocycles. The minimum Gasteiger partial charge on any atom is -0.491 e. The third-order valence-electron chi connectivity index (χ3n) is 2.58. The van der Waals surface area contributed by atoms with Crippen LogP contribution in [0.5, 0.6) is 5.75 Å². The molecule has 2 rings (SSSR count). The Balaban J connectivity index is 2.23. The van der Waals surface area contributed by atoms with Gasteiger partial charge in [0.2, 0.25) is 0 Å². The predicted octanol–water partition coefficient (Wildman–Crippen LogP) is 1.94. The third kappa shape index (κ3) is 2.65. The highest BCUT2D eigenvalue weighted by molar-refractivity contribution is 5.82. The van der Waals surface area contributed by atoms with Gasteiger partial charge in [0.05, 0.1) is 17.8 Å². The Morgan fingerprint density at radius 1 is 1.41 bits per heavy atom. The normalized spacial score (nSPS) is 12.6. The predicted molar refractivity (Wildman–Crippen MR) is 64.3 cm³/mol. The molecule has 1 atom stereocenters. The summed E-state index contributed by atoms with van der Waals surface area (Å²) in [5.41, 5.74) is -0.359. The van der Waals surface area contributed by atoms with Crippen LogP contribution in [0.1, 0.15) is 13.3 Å². The lowest BCUT2D eigenvalue weighted by atomic mass is 10.2. The number of aliphatic hydroxyl groups is 1. The molecule has 1 aromatic heterocycles. The molecule has 0 unspecified atom stereocenters. The summed E-state index contributed by atoms with van der Waals surface area (Å²) in [6.07, 6.45) is 1.54. The fraction of sp³-hybridized carbons (Fsp3) is 0.308. The molecule has 0 aliphatic carbocycles. The number of hydrogen-bond acceptors (Lipinski definition) is 4. The molecule has 1 N–H and O–H groups in total. The van der Waals surface area contributed by atoms with Gasteiger partial charge in [-0.15, -0.1) is 0 Å². The van der Waals surface area contributed by atoms with Gasteiger partial charge in [0, 0.05) is 0 Å². The highest BCUT2D eigenvalue weighted by Gasteiger charge is 2.04. The van der Waals surface area contributed by atoms with Crippen molar-refractivity contribution in [3.8, 4) is 5.75 Å². The molecule has 0 bridgehead atoms. The van der Waals surface area contributed by atoms with Crippen molar-refractivity contribution >= 4 is 10.8 Å². The van der Waals surface area contributed by atoms with Gasteiger partial charge >= 0.3 is 5.63 Å². The molecule has 2 aromatic rings. The summed E-state index contributed by atoms with van der Waals surface area (Å²) < 4.78 is 10.2. The highest BCUT2D eigenvalue weighted by atomic mass is 16.5. The van der Waals surface area contributed by atoms with Crippen molar-refractivity contribution in [1.82, 2.24) is 0 Å². The smallest absolute Gasteiger partial charge is 0.343 e. The summed E-state index contributed by atoms with van der Waals surface area (Å²) in [5, 5.41) is 10.7. The minimum atomic E-state index is -0.466. The first-order chi connectivity index (χ1) is 8.20. The van der Waals surface area contributed by atoms with E-state index < -0.39 is 6.10 Å². The van der Waals surface area contributed by atoms with Crippen molar-refractivity contribution in [2.24, 2.45) is 0 Å². The van der Waals surface area contributed by atoms with Crippen molar-refractivity contribution in [2.45, 2.75) is 19.4 Å². The van der Waals surface area contributed by atoms with E-state index in [-0.39, 0.29) is 12.2 Å². The third-order valence-corrected chi connectivity index (χ3v) is 2.58. The summed E-state index contributed by atoms with van der Waals surface area (Å²) in [5.74, 6) is 0.635. The van der Waals surface area contributed by atoms with Crippen LogP contribution in [0, 0.1) is 0 Å². The molecule has 1 heterocycles. The molecule has 4 heteroatoms. The van der Waals surface area contributed by atoms with Gasteiger partial charge in [-0.3, -0.25) is 0 Å². The summed E-state index contributed by atoms with van der Waals surface area (Å²) in [6, 6.07) is 6.82. The van der Waals surface area contributed by atoms with Gasteiger partial charge in [0.1, 0.15) is 12.4 Å². The van der Waals surface area contributed by atoms with E-state index in [4.69, 9.17) is 9.15 Å². The van der Waals surface area contributed by atoms with Crippen LogP contribution in [0.15, 0.2) is 39.7 Å². The Kier molecular flexibility index (Phi) is 3.44. The van der Waals surface area contributed by atoms with Gasteiger partial charge in [-0.05, 0) is 36.1 Å². The SMILES string of the molecule is CC[C@H](O)COc1ccc2c(=O)occc2c1. The zero-order valence-corrected chi connectivity index (χ0v) is 9.55. The van der Waals surface area contributed by atoms with Crippen molar-refractivity contribution in [3.05, 3.63) is 40.9 Å². The van der Waals surface area contributed by atoms with E-state index in [9.17, 15) is 9.90 Å². The average molecular weight is 234 g/mol. The molecule has 17 heavy (non-hydrogen) atoms. The summed E-state index contributed by atoms with van der Waals surface area (Å²) in [4.78, 5) is 11.4. The molecule has 0 amide bonds. The van der Waals surface area contributed by atoms with E-state index in [1.807, 2.05) is 6.92 Å². The summed E-state index contributed by atoms with van der Waals surface area (Å²) in [6.45, 7) is 2.14. The molecule has 4 nitrogen and oxygen atoms in total. The standard InChI is InChI=1S/C13H14O4/c1-2-10(14)8-17-11-3-4-12-9(7-11)5-6-16-13(12)15/h3-7,10,14H,2,8H2,1H3/t10-/m0/s1. The molecular weight excluding hydrogens is 220 g/mol. The lowest BCUT2D eigenvalue weighted by Crippen LogP contribution is -2.15. The monoisotopic (exact) mass is 234 g/mol. The second kappa shape index (κ2) is 5.01. The minimum absolute atomic E-state index is 0.253. The Hall–Kier alpha value is -1.81. The van der Waals surface area contributed by atoms with Crippen LogP contribution in [-0.4, -0.2) is 17.8 Å². The maximum atomic E-state index is 11.4. The van der Waals surface area contributed by atoms with Crippen LogP contribution in [0.4, 0.5) is 0 Å². The highest BCUT2D eigenvalue weighted by Crippen LogP contribution is 2.18. The number of ether oxygens (including phenoxy) is 1. The van der Waals surface area contributed by atoms with Crippen molar-refractivity contribution < 1.29 is 14.3 Å². The number of aliphatic hydroxyl groups excluding tert-OH is 1. The van der Waals surface area contributed by atoms with Gasteiger partial charge in [-0.25, -0.2) is 4.79 Å². The fourth-order valence-electron chi connectivity index (χ4n) is 1.50. The molecular formula is C13H14O4. The molecule has 0 aliphatic rings. The summed E-state index contributed by atoms with van der Waals surface area (Å²) >= 11 is 0. The van der Waals surface area contributed by atoms with E-state index in [0.29, 0.717) is 17.6 Å². The van der Waals surface area contributed by atoms with Crippen LogP contribution in [0.25, 0.3) is 10.8 Å². The number of fused-ring (bicyclic) bond motifs is 1. The Morgan fingerprint density at radius 3 is 3.00 bits per heavy atom. The van der Waals surface area contributed by atoms with E-state index >= 15 is 0 Å². The van der Waals surface area contributed by atoms with E-state index in [0.717, 1.165) is 5.39 Å². The average Bonchev–Trinajstić information content (AvgIpc) is 2.36. The molecule has 0 radical (unpaired) electrons. The lowest BCUT2D eigenvalue weighted by Gasteiger charge is -2.10. The molecule has 0 fully saturated rings. The van der Waals surface area contributed by atoms with E-state index in [2.05, 4.69) is 0 Å². The number of hydrogen-bond donors (Lipinski definition) is 1. The maximum Gasteiger partial charge on any atom is 0.343 e. The van der Waals surface area contributed by atoms with Crippen LogP contribution < -0.4 is 10.4 Å². The first-order valence-electron chi connectivity index (χ1n) is 5.53. The van der Waals surface area contributed by atoms with Crippen molar-refractivity contribution in [1.29, 1.82) is 0 Å². The second-order valence-electron chi connectivity index (χ2n) is 3.83. The van der Waals surface area contributed by atoms with Gasteiger partial charge in [-0.2, -0.15) is 0 Å². The van der Waals surface area contributed by atoms with Gasteiger partial charge < -0.3 is 14.3 Å². The van der Waals surface area contributed by atoms with Gasteiger partial charge in [0.25, 0.3) is 0 Å². The Labute approximate surface area is 98.4 Å². The van der Waals surface area contributed by atoms with Crippen LogP contribution in [-0.2, 0) is 0 Å². The van der Waals surface area contributed by atoms with Gasteiger partial charge in [-0.1, -0.05) is 6.92 Å². The molecule has 0 spiro atoms. The second-order valence-corrected chi connectivity index (χ2v) is 3.83. The Bertz CT molecular complexity index is 559. The first kappa shape index (κ1) is 11.7. The zero-order valence-electron chi connectivity index (χ0n) is 9.55. The van der Waals surface area contributed by atoms with Crippen LogP contribution >= 0.6 is 0 Å². The van der Waals surface area contributed by atoms with E-state index in [1.54, 1.807) is 24.3 Å². The fourth-order valence-corrected chi connectivity index (χ4v) is 1.50. The Morgan fingerprint density at radius 2 is 2.24 bits per heavy atom. The topological polar surface area (TPSA) is 59.7 Å². The molecule has 0 aliphatic heterocycles. The maximum absolute atomic E-state index is 11.4. The number of benzene rings is 1. The molecule has 0 saturated heterocycles. The number of rotatable bonds is 4. The largest absolute Gasteiger partial charge is 0.491 e. The molecule has 90 valence electrons. The van der Waals surface area contributed by atoms with Gasteiger partial charge in [0.15, 0.2) is 0 Å².